The van der Waals surface area contributed by atoms with Gasteiger partial charge >= 0.3 is 0 Å². The fourth-order valence-electron chi connectivity index (χ4n) is 3.18. The number of rotatable bonds is 6. The van der Waals surface area contributed by atoms with Crippen molar-refractivity contribution in [2.45, 2.75) is 37.2 Å². The Morgan fingerprint density at radius 3 is 2.74 bits per heavy atom. The molecule has 0 aliphatic carbocycles. The maximum atomic E-state index is 7.30. The van der Waals surface area contributed by atoms with Gasteiger partial charge in [-0.25, -0.2) is 9.83 Å². The minimum absolute atomic E-state index is 0.642. The van der Waals surface area contributed by atoms with Gasteiger partial charge in [0.05, 0.1) is 12.1 Å². The van der Waals surface area contributed by atoms with E-state index in [1.165, 1.54) is 11.8 Å². The minimum atomic E-state index is 0.642. The predicted molar refractivity (Wildman–Crippen MR) is 110 cm³/mol. The lowest BCUT2D eigenvalue weighted by molar-refractivity contribution is 0.656. The topological polar surface area (TPSA) is 48.0 Å². The maximum absolute atomic E-state index is 7.30. The van der Waals surface area contributed by atoms with E-state index in [9.17, 15) is 0 Å². The summed E-state index contributed by atoms with van der Waals surface area (Å²) in [5.74, 6) is 0.654. The Morgan fingerprint density at radius 2 is 1.89 bits per heavy atom. The van der Waals surface area contributed by atoms with Crippen molar-refractivity contribution in [2.24, 2.45) is 0 Å². The molecule has 4 aromatic rings. The average Bonchev–Trinajstić information content (AvgIpc) is 3.04. The highest BCUT2D eigenvalue weighted by Gasteiger charge is 2.14. The van der Waals surface area contributed by atoms with Crippen LogP contribution >= 0.6 is 11.8 Å². The zero-order valence-corrected chi connectivity index (χ0v) is 15.9. The summed E-state index contributed by atoms with van der Waals surface area (Å²) >= 11 is 1.52. The van der Waals surface area contributed by atoms with Gasteiger partial charge in [-0.3, -0.25) is 0 Å². The molecule has 2 heterocycles. The lowest BCUT2D eigenvalue weighted by Gasteiger charge is -2.06. The van der Waals surface area contributed by atoms with E-state index in [1.807, 2.05) is 36.4 Å². The highest BCUT2D eigenvalue weighted by Crippen LogP contribution is 2.30. The van der Waals surface area contributed by atoms with Gasteiger partial charge < -0.3 is 4.57 Å². The molecule has 0 saturated carbocycles. The number of fused-ring (bicyclic) bond motifs is 3. The van der Waals surface area contributed by atoms with Crippen molar-refractivity contribution in [2.75, 3.05) is 0 Å². The zero-order valence-electron chi connectivity index (χ0n) is 15.1. The Hall–Kier alpha value is -2.91. The molecule has 0 unspecified atom stereocenters. The number of nitrogens with zero attached hydrogens (tertiary/aromatic N) is 5. The second kappa shape index (κ2) is 7.77. The molecule has 5 nitrogen and oxygen atoms in total. The van der Waals surface area contributed by atoms with E-state index in [2.05, 4.69) is 38.7 Å². The third-order valence-electron chi connectivity index (χ3n) is 4.56. The van der Waals surface area contributed by atoms with Crippen LogP contribution in [0.4, 0.5) is 5.69 Å². The fourth-order valence-corrected chi connectivity index (χ4v) is 3.96. The summed E-state index contributed by atoms with van der Waals surface area (Å²) in [5, 5.41) is 10.5. The summed E-state index contributed by atoms with van der Waals surface area (Å²) in [5.41, 5.74) is 4.57. The molecule has 0 fully saturated rings. The molecule has 0 radical (unpaired) electrons. The maximum Gasteiger partial charge on any atom is 0.211 e. The van der Waals surface area contributed by atoms with Crippen molar-refractivity contribution < 1.29 is 0 Å². The van der Waals surface area contributed by atoms with Gasteiger partial charge in [0.25, 0.3) is 0 Å². The van der Waals surface area contributed by atoms with E-state index in [1.54, 1.807) is 0 Å². The first-order valence-electron chi connectivity index (χ1n) is 9.01. The van der Waals surface area contributed by atoms with Crippen LogP contribution in [0.3, 0.4) is 0 Å². The van der Waals surface area contributed by atoms with Crippen molar-refractivity contribution in [1.29, 1.82) is 0 Å². The summed E-state index contributed by atoms with van der Waals surface area (Å²) in [7, 11) is 0. The Morgan fingerprint density at radius 1 is 1.07 bits per heavy atom. The summed E-state index contributed by atoms with van der Waals surface area (Å²) in [6.07, 6.45) is 2.22. The number of aryl methyl sites for hydroxylation is 1. The Labute approximate surface area is 162 Å². The van der Waals surface area contributed by atoms with E-state index in [-0.39, 0.29) is 0 Å². The van der Waals surface area contributed by atoms with Crippen molar-refractivity contribution in [1.82, 2.24) is 19.7 Å². The van der Waals surface area contributed by atoms with Crippen LogP contribution in [0.15, 0.2) is 53.7 Å². The molecule has 27 heavy (non-hydrogen) atoms. The molecule has 0 amide bonds. The molecular formula is C21H19N5S. The molecule has 0 spiro atoms. The van der Waals surface area contributed by atoms with Gasteiger partial charge in [-0.15, -0.1) is 10.2 Å². The number of para-hydroxylation sites is 2. The van der Waals surface area contributed by atoms with Gasteiger partial charge in [-0.05, 0) is 18.1 Å². The molecule has 134 valence electrons. The number of hydrogen-bond donors (Lipinski definition) is 0. The number of aromatic nitrogens is 4. The molecule has 2 aromatic carbocycles. The van der Waals surface area contributed by atoms with Crippen molar-refractivity contribution in [3.63, 3.8) is 0 Å². The van der Waals surface area contributed by atoms with Crippen molar-refractivity contribution >= 4 is 39.5 Å². The molecule has 2 aromatic heterocycles. The lowest BCUT2D eigenvalue weighted by Crippen LogP contribution is -2.01. The third kappa shape index (κ3) is 3.38. The molecular weight excluding hydrogens is 354 g/mol. The molecule has 4 rings (SSSR count). The quantitative estimate of drug-likeness (QED) is 0.325. The first kappa shape index (κ1) is 17.5. The summed E-state index contributed by atoms with van der Waals surface area (Å²) in [6, 6.07) is 15.9. The molecule has 6 heteroatoms. The molecule has 0 N–H and O–H groups in total. The monoisotopic (exact) mass is 373 g/mol. The van der Waals surface area contributed by atoms with E-state index in [4.69, 9.17) is 11.6 Å². The molecule has 0 aliphatic heterocycles. The van der Waals surface area contributed by atoms with Crippen molar-refractivity contribution in [3.8, 4) is 0 Å². The van der Waals surface area contributed by atoms with Crippen LogP contribution in [0, 0.1) is 6.57 Å². The summed E-state index contributed by atoms with van der Waals surface area (Å²) < 4.78 is 2.25. The normalized spacial score (nSPS) is 11.1. The Balaban J connectivity index is 1.71. The van der Waals surface area contributed by atoms with E-state index in [0.29, 0.717) is 16.6 Å². The summed E-state index contributed by atoms with van der Waals surface area (Å²) in [4.78, 5) is 8.40. The van der Waals surface area contributed by atoms with Crippen LogP contribution in [0.5, 0.6) is 0 Å². The van der Waals surface area contributed by atoms with Gasteiger partial charge in [0.1, 0.15) is 5.52 Å². The van der Waals surface area contributed by atoms with Crippen LogP contribution in [0.25, 0.3) is 26.9 Å². The molecule has 0 bridgehead atoms. The smallest absolute Gasteiger partial charge is 0.211 e. The number of benzene rings is 2. The van der Waals surface area contributed by atoms with E-state index < -0.39 is 0 Å². The van der Waals surface area contributed by atoms with Crippen LogP contribution in [-0.2, 0) is 12.3 Å². The SMILES string of the molecule is [C-]#[N+]c1ccccc1CSc1nnc2c3ccccc3n(CCCC)c2n1. The molecule has 0 aliphatic rings. The van der Waals surface area contributed by atoms with Gasteiger partial charge in [-0.2, -0.15) is 0 Å². The second-order valence-electron chi connectivity index (χ2n) is 6.32. The van der Waals surface area contributed by atoms with Crippen LogP contribution in [0.2, 0.25) is 0 Å². The van der Waals surface area contributed by atoms with Gasteiger partial charge in [0.2, 0.25) is 5.16 Å². The number of thioether (sulfide) groups is 1. The van der Waals surface area contributed by atoms with Gasteiger partial charge in [0.15, 0.2) is 11.3 Å². The van der Waals surface area contributed by atoms with E-state index in [0.717, 1.165) is 47.0 Å². The number of hydrogen-bond acceptors (Lipinski definition) is 4. The minimum Gasteiger partial charge on any atom is -0.324 e. The number of unbranched alkanes of at least 4 members (excludes halogenated alkanes) is 1. The Kier molecular flexibility index (Phi) is 5.03. The largest absolute Gasteiger partial charge is 0.324 e. The molecule has 0 atom stereocenters. The first-order valence-corrected chi connectivity index (χ1v) is 10.00. The lowest BCUT2D eigenvalue weighted by atomic mass is 10.2. The van der Waals surface area contributed by atoms with E-state index >= 15 is 0 Å². The second-order valence-corrected chi connectivity index (χ2v) is 7.26. The van der Waals surface area contributed by atoms with Crippen molar-refractivity contribution in [3.05, 3.63) is 65.5 Å². The molecule has 0 saturated heterocycles. The summed E-state index contributed by atoms with van der Waals surface area (Å²) in [6.45, 7) is 10.4. The van der Waals surface area contributed by atoms with Gasteiger partial charge in [-0.1, -0.05) is 67.6 Å². The van der Waals surface area contributed by atoms with Crippen LogP contribution in [-0.4, -0.2) is 19.7 Å². The predicted octanol–water partition coefficient (Wildman–Crippen LogP) is 5.62. The first-order chi connectivity index (χ1) is 13.3. The third-order valence-corrected chi connectivity index (χ3v) is 5.45. The van der Waals surface area contributed by atoms with Gasteiger partial charge in [0, 0.05) is 17.7 Å². The van der Waals surface area contributed by atoms with Crippen LogP contribution < -0.4 is 0 Å². The fraction of sp³-hybridized carbons (Fsp3) is 0.238. The Bertz CT molecular complexity index is 1140. The van der Waals surface area contributed by atoms with Crippen LogP contribution in [0.1, 0.15) is 25.3 Å². The zero-order chi connectivity index (χ0) is 18.6. The highest BCUT2D eigenvalue weighted by molar-refractivity contribution is 7.98. The highest BCUT2D eigenvalue weighted by atomic mass is 32.2. The standard InChI is InChI=1S/C21H19N5S/c1-3-4-13-26-18-12-8-6-10-16(18)19-20(26)23-21(25-24-19)27-14-15-9-5-7-11-17(15)22-2/h5-12H,3-4,13-14H2,1H3. The average molecular weight is 373 g/mol.